The van der Waals surface area contributed by atoms with Gasteiger partial charge in [-0.05, 0) is 38.6 Å². The van der Waals surface area contributed by atoms with Crippen molar-refractivity contribution in [1.29, 1.82) is 0 Å². The second kappa shape index (κ2) is 6.40. The van der Waals surface area contributed by atoms with Gasteiger partial charge in [0.05, 0.1) is 6.04 Å². The summed E-state index contributed by atoms with van der Waals surface area (Å²) < 4.78 is 0. The molecule has 1 atom stereocenters. The monoisotopic (exact) mass is 280 g/mol. The van der Waals surface area contributed by atoms with Crippen LogP contribution < -0.4 is 5.32 Å². The van der Waals surface area contributed by atoms with Crippen molar-refractivity contribution in [3.05, 3.63) is 34.9 Å². The predicted molar refractivity (Wildman–Crippen MR) is 78.2 cm³/mol. The minimum absolute atomic E-state index is 0.109. The Morgan fingerprint density at radius 3 is 2.63 bits per heavy atom. The number of amides is 1. The molecule has 0 bridgehead atoms. The first-order valence-electron chi connectivity index (χ1n) is 6.78. The molecule has 3 nitrogen and oxygen atoms in total. The number of carbonyl (C=O) groups excluding carboxylic acids is 1. The van der Waals surface area contributed by atoms with Crippen molar-refractivity contribution in [2.75, 3.05) is 20.6 Å². The van der Waals surface area contributed by atoms with Crippen LogP contribution in [-0.2, 0) is 4.79 Å². The first-order valence-corrected chi connectivity index (χ1v) is 7.16. The van der Waals surface area contributed by atoms with Gasteiger partial charge in [0.25, 0.3) is 0 Å². The Bertz CT molecular complexity index is 444. The van der Waals surface area contributed by atoms with Gasteiger partial charge in [0.2, 0.25) is 5.91 Å². The van der Waals surface area contributed by atoms with Crippen molar-refractivity contribution < 1.29 is 4.79 Å². The molecule has 2 rings (SSSR count). The molecule has 1 saturated carbocycles. The Kier molecular flexibility index (Phi) is 4.83. The Balaban J connectivity index is 2.00. The van der Waals surface area contributed by atoms with Crippen LogP contribution >= 0.6 is 11.6 Å². The van der Waals surface area contributed by atoms with E-state index in [1.54, 1.807) is 0 Å². The van der Waals surface area contributed by atoms with Crippen LogP contribution in [0.4, 0.5) is 0 Å². The summed E-state index contributed by atoms with van der Waals surface area (Å²) in [4.78, 5) is 14.0. The molecule has 1 N–H and O–H groups in total. The lowest BCUT2D eigenvalue weighted by Gasteiger charge is -2.29. The molecular weight excluding hydrogens is 260 g/mol. The van der Waals surface area contributed by atoms with Crippen LogP contribution in [0.15, 0.2) is 24.3 Å². The molecule has 1 aliphatic rings. The fourth-order valence-electron chi connectivity index (χ4n) is 2.33. The average molecular weight is 281 g/mol. The summed E-state index contributed by atoms with van der Waals surface area (Å²) in [7, 11) is 4.01. The molecule has 0 aromatic heterocycles. The van der Waals surface area contributed by atoms with E-state index in [1.807, 2.05) is 38.4 Å². The van der Waals surface area contributed by atoms with Gasteiger partial charge in [0, 0.05) is 17.5 Å². The summed E-state index contributed by atoms with van der Waals surface area (Å²) in [5.41, 5.74) is 1.06. The summed E-state index contributed by atoms with van der Waals surface area (Å²) in [5.74, 6) is 0.416. The van der Waals surface area contributed by atoms with Gasteiger partial charge >= 0.3 is 0 Å². The maximum atomic E-state index is 11.9. The SMILES string of the molecule is CN(C)[C@@H](CNC(=O)C1CCC1)c1ccccc1Cl. The van der Waals surface area contributed by atoms with Crippen molar-refractivity contribution in [3.8, 4) is 0 Å². The lowest BCUT2D eigenvalue weighted by Crippen LogP contribution is -2.39. The van der Waals surface area contributed by atoms with Crippen molar-refractivity contribution in [2.45, 2.75) is 25.3 Å². The van der Waals surface area contributed by atoms with Gasteiger partial charge in [-0.1, -0.05) is 36.2 Å². The summed E-state index contributed by atoms with van der Waals surface area (Å²) in [5, 5.41) is 3.80. The standard InChI is InChI=1S/C15H21ClN2O/c1-18(2)14(12-8-3-4-9-13(12)16)10-17-15(19)11-6-5-7-11/h3-4,8-9,11,14H,5-7,10H2,1-2H3,(H,17,19)/t14-/m0/s1. The number of hydrogen-bond donors (Lipinski definition) is 1. The molecule has 1 amide bonds. The second-order valence-corrected chi connectivity index (χ2v) is 5.78. The van der Waals surface area contributed by atoms with Crippen LogP contribution in [0.2, 0.25) is 5.02 Å². The van der Waals surface area contributed by atoms with Crippen molar-refractivity contribution in [3.63, 3.8) is 0 Å². The highest BCUT2D eigenvalue weighted by Gasteiger charge is 2.26. The van der Waals surface area contributed by atoms with Gasteiger partial charge in [-0.15, -0.1) is 0 Å². The van der Waals surface area contributed by atoms with Gasteiger partial charge in [-0.3, -0.25) is 4.79 Å². The van der Waals surface area contributed by atoms with E-state index in [0.717, 1.165) is 23.4 Å². The molecule has 1 aliphatic carbocycles. The zero-order chi connectivity index (χ0) is 13.8. The van der Waals surface area contributed by atoms with E-state index in [4.69, 9.17) is 11.6 Å². The Morgan fingerprint density at radius 2 is 2.11 bits per heavy atom. The molecule has 0 radical (unpaired) electrons. The van der Waals surface area contributed by atoms with Gasteiger partial charge in [-0.25, -0.2) is 0 Å². The minimum Gasteiger partial charge on any atom is -0.354 e. The summed E-state index contributed by atoms with van der Waals surface area (Å²) in [6.07, 6.45) is 3.24. The zero-order valence-electron chi connectivity index (χ0n) is 11.5. The van der Waals surface area contributed by atoms with E-state index in [9.17, 15) is 4.79 Å². The number of carbonyl (C=O) groups is 1. The number of halogens is 1. The summed E-state index contributed by atoms with van der Waals surface area (Å²) >= 11 is 6.24. The van der Waals surface area contributed by atoms with E-state index in [2.05, 4.69) is 10.2 Å². The minimum atomic E-state index is 0.109. The summed E-state index contributed by atoms with van der Waals surface area (Å²) in [6.45, 7) is 0.603. The largest absolute Gasteiger partial charge is 0.354 e. The molecule has 1 aromatic carbocycles. The molecule has 0 saturated heterocycles. The number of rotatable bonds is 5. The normalized spacial score (nSPS) is 17.1. The topological polar surface area (TPSA) is 32.3 Å². The number of nitrogens with one attached hydrogen (secondary N) is 1. The molecule has 19 heavy (non-hydrogen) atoms. The van der Waals surface area contributed by atoms with E-state index in [-0.39, 0.29) is 17.9 Å². The predicted octanol–water partition coefficient (Wildman–Crippen LogP) is 2.86. The molecule has 0 aliphatic heterocycles. The molecule has 1 aromatic rings. The van der Waals surface area contributed by atoms with Crippen molar-refractivity contribution >= 4 is 17.5 Å². The lowest BCUT2D eigenvalue weighted by atomic mass is 9.85. The quantitative estimate of drug-likeness (QED) is 0.899. The van der Waals surface area contributed by atoms with Gasteiger partial charge < -0.3 is 10.2 Å². The van der Waals surface area contributed by atoms with Gasteiger partial charge in [0.1, 0.15) is 0 Å². The van der Waals surface area contributed by atoms with E-state index >= 15 is 0 Å². The highest BCUT2D eigenvalue weighted by atomic mass is 35.5. The van der Waals surface area contributed by atoms with Gasteiger partial charge in [0.15, 0.2) is 0 Å². The van der Waals surface area contributed by atoms with Crippen molar-refractivity contribution in [2.24, 2.45) is 5.92 Å². The zero-order valence-corrected chi connectivity index (χ0v) is 12.3. The molecule has 0 unspecified atom stereocenters. The smallest absolute Gasteiger partial charge is 0.223 e. The molecule has 104 valence electrons. The third-order valence-corrected chi connectivity index (χ3v) is 4.18. The highest BCUT2D eigenvalue weighted by molar-refractivity contribution is 6.31. The third kappa shape index (κ3) is 3.48. The first-order chi connectivity index (χ1) is 9.09. The van der Waals surface area contributed by atoms with Crippen LogP contribution in [0.5, 0.6) is 0 Å². The maximum absolute atomic E-state index is 11.9. The van der Waals surface area contributed by atoms with Crippen molar-refractivity contribution in [1.82, 2.24) is 10.2 Å². The molecular formula is C15H21ClN2O. The van der Waals surface area contributed by atoms with Crippen LogP contribution in [-0.4, -0.2) is 31.4 Å². The number of nitrogens with zero attached hydrogens (tertiary/aromatic N) is 1. The average Bonchev–Trinajstić information content (AvgIpc) is 2.29. The Labute approximate surface area is 119 Å². The lowest BCUT2D eigenvalue weighted by molar-refractivity contribution is -0.127. The van der Waals surface area contributed by atoms with Crippen LogP contribution in [0.25, 0.3) is 0 Å². The van der Waals surface area contributed by atoms with Crippen LogP contribution in [0, 0.1) is 5.92 Å². The number of hydrogen-bond acceptors (Lipinski definition) is 2. The van der Waals surface area contributed by atoms with E-state index < -0.39 is 0 Å². The molecule has 0 spiro atoms. The third-order valence-electron chi connectivity index (χ3n) is 3.83. The summed E-state index contributed by atoms with van der Waals surface area (Å²) in [6, 6.07) is 7.92. The molecule has 4 heteroatoms. The van der Waals surface area contributed by atoms with Crippen LogP contribution in [0.3, 0.4) is 0 Å². The highest BCUT2D eigenvalue weighted by Crippen LogP contribution is 2.28. The van der Waals surface area contributed by atoms with E-state index in [0.29, 0.717) is 6.54 Å². The maximum Gasteiger partial charge on any atom is 0.223 e. The Morgan fingerprint density at radius 1 is 1.42 bits per heavy atom. The molecule has 0 heterocycles. The number of likely N-dealkylation sites (N-methyl/N-ethyl adjacent to an activating group) is 1. The Hall–Kier alpha value is -1.06. The van der Waals surface area contributed by atoms with E-state index in [1.165, 1.54) is 6.42 Å². The molecule has 1 fully saturated rings. The number of benzene rings is 1. The fourth-order valence-corrected chi connectivity index (χ4v) is 2.59. The second-order valence-electron chi connectivity index (χ2n) is 5.37. The first kappa shape index (κ1) is 14.4. The van der Waals surface area contributed by atoms with Gasteiger partial charge in [-0.2, -0.15) is 0 Å². The van der Waals surface area contributed by atoms with Crippen LogP contribution in [0.1, 0.15) is 30.9 Å². The fraction of sp³-hybridized carbons (Fsp3) is 0.533.